The molecule has 2 rings (SSSR count). The minimum absolute atomic E-state index is 0.308. The Hall–Kier alpha value is -1.98. The van der Waals surface area contributed by atoms with E-state index in [9.17, 15) is 0 Å². The molecule has 2 heterocycles. The third-order valence-corrected chi connectivity index (χ3v) is 2.22. The third kappa shape index (κ3) is 1.93. The van der Waals surface area contributed by atoms with Crippen LogP contribution in [0.4, 0.5) is 5.95 Å². The number of hydrogen-bond donors (Lipinski definition) is 1. The van der Waals surface area contributed by atoms with Gasteiger partial charge < -0.3 is 5.73 Å². The highest BCUT2D eigenvalue weighted by atomic mass is 15.6. The van der Waals surface area contributed by atoms with Gasteiger partial charge >= 0.3 is 0 Å². The molecule has 0 saturated heterocycles. The summed E-state index contributed by atoms with van der Waals surface area (Å²) < 4.78 is 1.53. The van der Waals surface area contributed by atoms with E-state index in [2.05, 4.69) is 27.4 Å². The predicted octanol–water partition coefficient (Wildman–Crippen LogP) is 0.261. The normalized spacial score (nSPS) is 10.5. The monoisotopic (exact) mass is 204 g/mol. The lowest BCUT2D eigenvalue weighted by atomic mass is 10.1. The summed E-state index contributed by atoms with van der Waals surface area (Å²) in [5.41, 5.74) is 7.72. The molecule has 2 aromatic rings. The van der Waals surface area contributed by atoms with Crippen LogP contribution in [0.15, 0.2) is 18.3 Å². The number of nitrogens with zero attached hydrogens (tertiary/aromatic N) is 5. The van der Waals surface area contributed by atoms with Crippen LogP contribution in [0.3, 0.4) is 0 Å². The molecule has 0 spiro atoms. The Morgan fingerprint density at radius 1 is 1.47 bits per heavy atom. The summed E-state index contributed by atoms with van der Waals surface area (Å²) in [6.45, 7) is 2.60. The first-order chi connectivity index (χ1) is 7.31. The van der Waals surface area contributed by atoms with E-state index in [1.54, 1.807) is 6.20 Å². The Kier molecular flexibility index (Phi) is 2.57. The molecule has 0 saturated carbocycles. The number of nitrogens with two attached hydrogens (primary N) is 1. The second-order valence-electron chi connectivity index (χ2n) is 3.16. The van der Waals surface area contributed by atoms with Crippen molar-refractivity contribution >= 4 is 5.95 Å². The molecular weight excluding hydrogens is 192 g/mol. The van der Waals surface area contributed by atoms with Gasteiger partial charge in [-0.25, -0.2) is 4.68 Å². The molecule has 0 aliphatic heterocycles. The van der Waals surface area contributed by atoms with Gasteiger partial charge in [-0.3, -0.25) is 4.98 Å². The van der Waals surface area contributed by atoms with E-state index in [4.69, 9.17) is 5.73 Å². The minimum atomic E-state index is 0.308. The zero-order valence-electron chi connectivity index (χ0n) is 8.46. The lowest BCUT2D eigenvalue weighted by Crippen LogP contribution is -2.09. The predicted molar refractivity (Wildman–Crippen MR) is 54.9 cm³/mol. The van der Waals surface area contributed by atoms with Gasteiger partial charge in [-0.2, -0.15) is 0 Å². The summed E-state index contributed by atoms with van der Waals surface area (Å²) in [4.78, 5) is 4.29. The summed E-state index contributed by atoms with van der Waals surface area (Å²) in [5.74, 6) is 0.308. The molecule has 78 valence electrons. The van der Waals surface area contributed by atoms with Crippen molar-refractivity contribution in [3.05, 3.63) is 29.6 Å². The fourth-order valence-corrected chi connectivity index (χ4v) is 1.40. The van der Waals surface area contributed by atoms with Crippen molar-refractivity contribution in [2.75, 3.05) is 5.73 Å². The average Bonchev–Trinajstić information content (AvgIpc) is 2.65. The first kappa shape index (κ1) is 9.57. The number of tetrazole rings is 1. The summed E-state index contributed by atoms with van der Waals surface area (Å²) in [7, 11) is 0. The number of pyridine rings is 1. The molecule has 6 heteroatoms. The van der Waals surface area contributed by atoms with Crippen LogP contribution in [0.5, 0.6) is 0 Å². The standard InChI is InChI=1S/C9H12N6/c1-2-7-4-3-5-11-8(7)6-15-9(10)12-13-14-15/h3-5H,2,6H2,1H3,(H2,10,12,14). The minimum Gasteiger partial charge on any atom is -0.367 e. The summed E-state index contributed by atoms with van der Waals surface area (Å²) in [5, 5.41) is 10.9. The van der Waals surface area contributed by atoms with Crippen molar-refractivity contribution in [1.29, 1.82) is 0 Å². The highest BCUT2D eigenvalue weighted by Crippen LogP contribution is 2.08. The van der Waals surface area contributed by atoms with Crippen LogP contribution in [0.1, 0.15) is 18.2 Å². The largest absolute Gasteiger partial charge is 0.367 e. The number of hydrogen-bond acceptors (Lipinski definition) is 5. The quantitative estimate of drug-likeness (QED) is 0.775. The van der Waals surface area contributed by atoms with Crippen molar-refractivity contribution in [3.8, 4) is 0 Å². The fraction of sp³-hybridized carbons (Fsp3) is 0.333. The Morgan fingerprint density at radius 2 is 2.33 bits per heavy atom. The van der Waals surface area contributed by atoms with E-state index >= 15 is 0 Å². The Bertz CT molecular complexity index is 449. The topological polar surface area (TPSA) is 82.5 Å². The van der Waals surface area contributed by atoms with Crippen LogP contribution >= 0.6 is 0 Å². The molecule has 2 aromatic heterocycles. The maximum absolute atomic E-state index is 5.58. The van der Waals surface area contributed by atoms with Gasteiger partial charge in [-0.05, 0) is 28.5 Å². The molecule has 15 heavy (non-hydrogen) atoms. The molecule has 2 N–H and O–H groups in total. The zero-order chi connectivity index (χ0) is 10.7. The van der Waals surface area contributed by atoms with Crippen molar-refractivity contribution in [3.63, 3.8) is 0 Å². The van der Waals surface area contributed by atoms with E-state index in [1.807, 2.05) is 12.1 Å². The fourth-order valence-electron chi connectivity index (χ4n) is 1.40. The van der Waals surface area contributed by atoms with Gasteiger partial charge in [0.05, 0.1) is 12.2 Å². The maximum Gasteiger partial charge on any atom is 0.240 e. The lowest BCUT2D eigenvalue weighted by Gasteiger charge is -2.05. The molecule has 0 unspecified atom stereocenters. The number of aryl methyl sites for hydroxylation is 1. The van der Waals surface area contributed by atoms with E-state index in [0.29, 0.717) is 12.5 Å². The van der Waals surface area contributed by atoms with Gasteiger partial charge in [0.1, 0.15) is 0 Å². The number of nitrogen functional groups attached to an aromatic ring is 1. The summed E-state index contributed by atoms with van der Waals surface area (Å²) in [6.07, 6.45) is 2.69. The SMILES string of the molecule is CCc1cccnc1Cn1nnnc1N. The van der Waals surface area contributed by atoms with Crippen molar-refractivity contribution in [2.45, 2.75) is 19.9 Å². The molecule has 0 fully saturated rings. The van der Waals surface area contributed by atoms with Crippen molar-refractivity contribution < 1.29 is 0 Å². The van der Waals surface area contributed by atoms with Crippen LogP contribution in [-0.2, 0) is 13.0 Å². The third-order valence-electron chi connectivity index (χ3n) is 2.22. The zero-order valence-corrected chi connectivity index (χ0v) is 8.46. The Morgan fingerprint density at radius 3 is 3.00 bits per heavy atom. The number of rotatable bonds is 3. The van der Waals surface area contributed by atoms with Gasteiger partial charge in [0.15, 0.2) is 0 Å². The maximum atomic E-state index is 5.58. The van der Waals surface area contributed by atoms with Crippen molar-refractivity contribution in [2.24, 2.45) is 0 Å². The molecular formula is C9H12N6. The summed E-state index contributed by atoms with van der Waals surface area (Å²) in [6, 6.07) is 3.97. The lowest BCUT2D eigenvalue weighted by molar-refractivity contribution is 0.639. The number of anilines is 1. The number of aromatic nitrogens is 5. The Balaban J connectivity index is 2.28. The molecule has 0 radical (unpaired) electrons. The van der Waals surface area contributed by atoms with Gasteiger partial charge in [-0.1, -0.05) is 18.1 Å². The van der Waals surface area contributed by atoms with E-state index in [0.717, 1.165) is 12.1 Å². The van der Waals surface area contributed by atoms with Crippen LogP contribution in [0.25, 0.3) is 0 Å². The molecule has 0 bridgehead atoms. The van der Waals surface area contributed by atoms with Crippen LogP contribution in [0, 0.1) is 0 Å². The molecule has 0 atom stereocenters. The highest BCUT2D eigenvalue weighted by molar-refractivity contribution is 5.21. The second kappa shape index (κ2) is 4.04. The van der Waals surface area contributed by atoms with Gasteiger partial charge in [-0.15, -0.1) is 0 Å². The second-order valence-corrected chi connectivity index (χ2v) is 3.16. The molecule has 0 amide bonds. The van der Waals surface area contributed by atoms with E-state index in [1.165, 1.54) is 10.2 Å². The Labute approximate surface area is 87.1 Å². The molecule has 0 aliphatic rings. The molecule has 0 aliphatic carbocycles. The smallest absolute Gasteiger partial charge is 0.240 e. The first-order valence-electron chi connectivity index (χ1n) is 4.75. The molecule has 0 aromatic carbocycles. The van der Waals surface area contributed by atoms with Crippen molar-refractivity contribution in [1.82, 2.24) is 25.2 Å². The average molecular weight is 204 g/mol. The molecule has 6 nitrogen and oxygen atoms in total. The van der Waals surface area contributed by atoms with Gasteiger partial charge in [0.2, 0.25) is 5.95 Å². The van der Waals surface area contributed by atoms with E-state index in [-0.39, 0.29) is 0 Å². The van der Waals surface area contributed by atoms with Crippen LogP contribution in [0.2, 0.25) is 0 Å². The summed E-state index contributed by atoms with van der Waals surface area (Å²) >= 11 is 0. The van der Waals surface area contributed by atoms with Crippen LogP contribution < -0.4 is 5.73 Å². The van der Waals surface area contributed by atoms with E-state index < -0.39 is 0 Å². The first-order valence-corrected chi connectivity index (χ1v) is 4.75. The highest BCUT2D eigenvalue weighted by Gasteiger charge is 2.06. The van der Waals surface area contributed by atoms with Gasteiger partial charge in [0, 0.05) is 6.20 Å². The van der Waals surface area contributed by atoms with Gasteiger partial charge in [0.25, 0.3) is 0 Å². The van der Waals surface area contributed by atoms with Crippen LogP contribution in [-0.4, -0.2) is 25.2 Å².